The van der Waals surface area contributed by atoms with Gasteiger partial charge in [-0.2, -0.15) is 5.10 Å². The standard InChI is InChI=1S/C17H23N3O/c1-12-17(10-18-15-7-8-15)13(2)20(19-12)11-14-5-4-6-16(9-14)21-3/h4-6,9,15,18H,7-8,10-11H2,1-3H3. The Labute approximate surface area is 126 Å². The Balaban J connectivity index is 1.76. The van der Waals surface area contributed by atoms with Crippen LogP contribution >= 0.6 is 0 Å². The molecule has 1 aromatic heterocycles. The van der Waals surface area contributed by atoms with Crippen LogP contribution in [0.5, 0.6) is 5.75 Å². The summed E-state index contributed by atoms with van der Waals surface area (Å²) in [5, 5.41) is 8.27. The normalized spacial score (nSPS) is 14.4. The van der Waals surface area contributed by atoms with Crippen LogP contribution in [0.2, 0.25) is 0 Å². The second kappa shape index (κ2) is 5.90. The minimum Gasteiger partial charge on any atom is -0.497 e. The number of hydrogen-bond acceptors (Lipinski definition) is 3. The molecule has 0 spiro atoms. The van der Waals surface area contributed by atoms with Crippen LogP contribution in [0.4, 0.5) is 0 Å². The number of aryl methyl sites for hydroxylation is 1. The van der Waals surface area contributed by atoms with Crippen molar-refractivity contribution in [3.8, 4) is 5.75 Å². The molecule has 1 aromatic carbocycles. The van der Waals surface area contributed by atoms with Gasteiger partial charge in [0.25, 0.3) is 0 Å². The number of aromatic nitrogens is 2. The van der Waals surface area contributed by atoms with Crippen molar-refractivity contribution in [2.45, 2.75) is 45.8 Å². The molecule has 0 amide bonds. The average molecular weight is 285 g/mol. The van der Waals surface area contributed by atoms with E-state index >= 15 is 0 Å². The van der Waals surface area contributed by atoms with Crippen molar-refractivity contribution in [3.63, 3.8) is 0 Å². The summed E-state index contributed by atoms with van der Waals surface area (Å²) >= 11 is 0. The number of benzene rings is 1. The van der Waals surface area contributed by atoms with Gasteiger partial charge in [0.15, 0.2) is 0 Å². The van der Waals surface area contributed by atoms with E-state index in [1.165, 1.54) is 29.7 Å². The third kappa shape index (κ3) is 3.27. The van der Waals surface area contributed by atoms with Crippen LogP contribution in [0.3, 0.4) is 0 Å². The van der Waals surface area contributed by atoms with E-state index in [0.717, 1.165) is 30.6 Å². The lowest BCUT2D eigenvalue weighted by Crippen LogP contribution is -2.16. The highest BCUT2D eigenvalue weighted by Crippen LogP contribution is 2.21. The Hall–Kier alpha value is -1.81. The molecular weight excluding hydrogens is 262 g/mol. The van der Waals surface area contributed by atoms with Gasteiger partial charge in [0, 0.05) is 23.8 Å². The van der Waals surface area contributed by atoms with Gasteiger partial charge in [0.05, 0.1) is 19.3 Å². The minimum atomic E-state index is 0.727. The van der Waals surface area contributed by atoms with Crippen molar-refractivity contribution in [3.05, 3.63) is 46.8 Å². The average Bonchev–Trinajstić information content (AvgIpc) is 3.27. The molecule has 1 heterocycles. The molecular formula is C17H23N3O. The molecule has 0 radical (unpaired) electrons. The Morgan fingerprint density at radius 2 is 2.14 bits per heavy atom. The van der Waals surface area contributed by atoms with Crippen LogP contribution in [-0.2, 0) is 13.1 Å². The van der Waals surface area contributed by atoms with E-state index in [2.05, 4.69) is 36.0 Å². The van der Waals surface area contributed by atoms with E-state index < -0.39 is 0 Å². The van der Waals surface area contributed by atoms with Gasteiger partial charge in [0.1, 0.15) is 5.75 Å². The molecule has 21 heavy (non-hydrogen) atoms. The van der Waals surface area contributed by atoms with Crippen LogP contribution in [0, 0.1) is 13.8 Å². The van der Waals surface area contributed by atoms with Crippen LogP contribution in [0.25, 0.3) is 0 Å². The topological polar surface area (TPSA) is 39.1 Å². The van der Waals surface area contributed by atoms with Gasteiger partial charge in [-0.05, 0) is 44.4 Å². The Morgan fingerprint density at radius 3 is 2.86 bits per heavy atom. The molecule has 0 atom stereocenters. The number of rotatable bonds is 6. The lowest BCUT2D eigenvalue weighted by molar-refractivity contribution is 0.414. The van der Waals surface area contributed by atoms with E-state index in [1.807, 2.05) is 12.1 Å². The molecule has 2 aromatic rings. The minimum absolute atomic E-state index is 0.727. The summed E-state index contributed by atoms with van der Waals surface area (Å²) in [6, 6.07) is 8.90. The number of hydrogen-bond donors (Lipinski definition) is 1. The van der Waals surface area contributed by atoms with Crippen molar-refractivity contribution < 1.29 is 4.74 Å². The highest BCUT2D eigenvalue weighted by atomic mass is 16.5. The van der Waals surface area contributed by atoms with Gasteiger partial charge < -0.3 is 10.1 Å². The summed E-state index contributed by atoms with van der Waals surface area (Å²) in [4.78, 5) is 0. The molecule has 4 nitrogen and oxygen atoms in total. The maximum atomic E-state index is 5.28. The molecule has 1 aliphatic carbocycles. The highest BCUT2D eigenvalue weighted by Gasteiger charge is 2.21. The largest absolute Gasteiger partial charge is 0.497 e. The van der Waals surface area contributed by atoms with Crippen molar-refractivity contribution in [1.82, 2.24) is 15.1 Å². The lowest BCUT2D eigenvalue weighted by Gasteiger charge is -2.08. The fourth-order valence-electron chi connectivity index (χ4n) is 2.62. The zero-order chi connectivity index (χ0) is 14.8. The molecule has 1 fully saturated rings. The van der Waals surface area contributed by atoms with Gasteiger partial charge >= 0.3 is 0 Å². The van der Waals surface area contributed by atoms with Crippen LogP contribution in [0.15, 0.2) is 24.3 Å². The Bertz CT molecular complexity index is 629. The monoisotopic (exact) mass is 285 g/mol. The highest BCUT2D eigenvalue weighted by molar-refractivity contribution is 5.30. The first-order chi connectivity index (χ1) is 10.2. The first kappa shape index (κ1) is 14.1. The van der Waals surface area contributed by atoms with Gasteiger partial charge in [-0.3, -0.25) is 4.68 Å². The van der Waals surface area contributed by atoms with E-state index in [9.17, 15) is 0 Å². The summed E-state index contributed by atoms with van der Waals surface area (Å²) < 4.78 is 7.38. The summed E-state index contributed by atoms with van der Waals surface area (Å²) in [7, 11) is 1.70. The van der Waals surface area contributed by atoms with Gasteiger partial charge in [0.2, 0.25) is 0 Å². The van der Waals surface area contributed by atoms with Gasteiger partial charge in [-0.1, -0.05) is 12.1 Å². The zero-order valence-electron chi connectivity index (χ0n) is 13.0. The second-order valence-electron chi connectivity index (χ2n) is 5.81. The Morgan fingerprint density at radius 1 is 1.33 bits per heavy atom. The van der Waals surface area contributed by atoms with Crippen molar-refractivity contribution >= 4 is 0 Å². The van der Waals surface area contributed by atoms with E-state index in [1.54, 1.807) is 7.11 Å². The van der Waals surface area contributed by atoms with Crippen LogP contribution < -0.4 is 10.1 Å². The SMILES string of the molecule is COc1cccc(Cn2nc(C)c(CNC3CC3)c2C)c1. The fourth-order valence-corrected chi connectivity index (χ4v) is 2.62. The quantitative estimate of drug-likeness (QED) is 0.887. The van der Waals surface area contributed by atoms with Crippen molar-refractivity contribution in [2.24, 2.45) is 0 Å². The zero-order valence-corrected chi connectivity index (χ0v) is 13.0. The smallest absolute Gasteiger partial charge is 0.119 e. The summed E-state index contributed by atoms with van der Waals surface area (Å²) in [5.74, 6) is 0.893. The first-order valence-electron chi connectivity index (χ1n) is 7.56. The number of nitrogens with zero attached hydrogens (tertiary/aromatic N) is 2. The van der Waals surface area contributed by atoms with Gasteiger partial charge in [-0.25, -0.2) is 0 Å². The number of ether oxygens (including phenoxy) is 1. The number of nitrogens with one attached hydrogen (secondary N) is 1. The summed E-state index contributed by atoms with van der Waals surface area (Å²) in [6.07, 6.45) is 2.63. The molecule has 1 saturated carbocycles. The molecule has 0 aliphatic heterocycles. The second-order valence-corrected chi connectivity index (χ2v) is 5.81. The number of methoxy groups -OCH3 is 1. The molecule has 4 heteroatoms. The lowest BCUT2D eigenvalue weighted by atomic mass is 10.2. The summed E-state index contributed by atoms with van der Waals surface area (Å²) in [5.41, 5.74) is 4.93. The molecule has 0 saturated heterocycles. The summed E-state index contributed by atoms with van der Waals surface area (Å²) in [6.45, 7) is 5.97. The molecule has 3 rings (SSSR count). The third-order valence-corrected chi connectivity index (χ3v) is 4.14. The molecule has 112 valence electrons. The Kier molecular flexibility index (Phi) is 3.97. The van der Waals surface area contributed by atoms with E-state index in [0.29, 0.717) is 0 Å². The molecule has 0 unspecified atom stereocenters. The van der Waals surface area contributed by atoms with Crippen molar-refractivity contribution in [1.29, 1.82) is 0 Å². The molecule has 0 bridgehead atoms. The fraction of sp³-hybridized carbons (Fsp3) is 0.471. The van der Waals surface area contributed by atoms with E-state index in [-0.39, 0.29) is 0 Å². The predicted octanol–water partition coefficient (Wildman–Crippen LogP) is 2.81. The maximum absolute atomic E-state index is 5.28. The first-order valence-corrected chi connectivity index (χ1v) is 7.56. The van der Waals surface area contributed by atoms with Crippen LogP contribution in [0.1, 0.15) is 35.4 Å². The van der Waals surface area contributed by atoms with Gasteiger partial charge in [-0.15, -0.1) is 0 Å². The van der Waals surface area contributed by atoms with E-state index in [4.69, 9.17) is 9.84 Å². The molecule has 1 N–H and O–H groups in total. The predicted molar refractivity (Wildman–Crippen MR) is 83.7 cm³/mol. The van der Waals surface area contributed by atoms with Crippen molar-refractivity contribution in [2.75, 3.05) is 7.11 Å². The van der Waals surface area contributed by atoms with Crippen LogP contribution in [-0.4, -0.2) is 22.9 Å². The third-order valence-electron chi connectivity index (χ3n) is 4.14. The maximum Gasteiger partial charge on any atom is 0.119 e. The molecule has 1 aliphatic rings.